The van der Waals surface area contributed by atoms with Gasteiger partial charge >= 0.3 is 5.97 Å². The van der Waals surface area contributed by atoms with Gasteiger partial charge in [0, 0.05) is 11.1 Å². The van der Waals surface area contributed by atoms with E-state index in [0.29, 0.717) is 0 Å². The smallest absolute Gasteiger partial charge is 0.335 e. The van der Waals surface area contributed by atoms with E-state index in [9.17, 15) is 9.90 Å². The van der Waals surface area contributed by atoms with Crippen molar-refractivity contribution in [1.82, 2.24) is 4.57 Å². The van der Waals surface area contributed by atoms with Crippen molar-refractivity contribution >= 4 is 27.6 Å². The van der Waals surface area contributed by atoms with Crippen LogP contribution >= 0.6 is 0 Å². The molecule has 0 saturated carbocycles. The lowest BCUT2D eigenvalue weighted by Crippen LogP contribution is -1.99. The van der Waals surface area contributed by atoms with Crippen molar-refractivity contribution in [2.45, 2.75) is 0 Å². The number of para-hydroxylation sites is 1. The third kappa shape index (κ3) is 2.57. The van der Waals surface area contributed by atoms with E-state index >= 15 is 0 Å². The van der Waals surface area contributed by atoms with Crippen LogP contribution < -0.4 is 0 Å². The van der Waals surface area contributed by atoms with Crippen LogP contribution in [0.15, 0.2) is 97.1 Å². The van der Waals surface area contributed by atoms with E-state index in [2.05, 4.69) is 47.0 Å². The lowest BCUT2D eigenvalue weighted by atomic mass is 10.1. The predicted octanol–water partition coefficient (Wildman–Crippen LogP) is 6.15. The Labute approximate surface area is 162 Å². The molecule has 1 N–H and O–H groups in total. The third-order valence-corrected chi connectivity index (χ3v) is 5.13. The maximum Gasteiger partial charge on any atom is 0.335 e. The van der Waals surface area contributed by atoms with Crippen LogP contribution in [0, 0.1) is 0 Å². The highest BCUT2D eigenvalue weighted by Crippen LogP contribution is 2.35. The maximum atomic E-state index is 11.5. The van der Waals surface area contributed by atoms with Gasteiger partial charge in [-0.15, -0.1) is 0 Å². The van der Waals surface area contributed by atoms with E-state index in [1.54, 1.807) is 18.2 Å². The minimum atomic E-state index is -0.922. The molecule has 0 spiro atoms. The lowest BCUT2D eigenvalue weighted by Gasteiger charge is -2.12. The molecule has 0 bridgehead atoms. The van der Waals surface area contributed by atoms with Gasteiger partial charge in [0.1, 0.15) is 0 Å². The largest absolute Gasteiger partial charge is 0.478 e. The van der Waals surface area contributed by atoms with Gasteiger partial charge in [-0.05, 0) is 52.7 Å². The predicted molar refractivity (Wildman–Crippen MR) is 113 cm³/mol. The number of carbonyl (C=O) groups is 1. The molecule has 0 atom stereocenters. The molecule has 1 heterocycles. The minimum Gasteiger partial charge on any atom is -0.478 e. The van der Waals surface area contributed by atoms with E-state index in [0.717, 1.165) is 27.8 Å². The Balaban J connectivity index is 1.89. The van der Waals surface area contributed by atoms with Gasteiger partial charge in [-0.25, -0.2) is 4.79 Å². The summed E-state index contributed by atoms with van der Waals surface area (Å²) in [5.74, 6) is -0.922. The van der Waals surface area contributed by atoms with Crippen LogP contribution in [-0.2, 0) is 0 Å². The SMILES string of the molecule is O=C(O)c1cccc(-c2cc3c4ccccc4ccc3n2-c2ccccc2)c1. The van der Waals surface area contributed by atoms with Crippen LogP contribution in [0.3, 0.4) is 0 Å². The summed E-state index contributed by atoms with van der Waals surface area (Å²) in [4.78, 5) is 11.5. The standard InChI is InChI=1S/C25H17NO2/c27-25(28)19-9-6-8-18(15-19)24-16-22-21-12-5-4-7-17(21)13-14-23(22)26(24)20-10-2-1-3-11-20/h1-16H,(H,27,28). The number of aromatic nitrogens is 1. The summed E-state index contributed by atoms with van der Waals surface area (Å²) >= 11 is 0. The summed E-state index contributed by atoms with van der Waals surface area (Å²) in [5, 5.41) is 12.9. The molecule has 0 aliphatic carbocycles. The van der Waals surface area contributed by atoms with Crippen molar-refractivity contribution < 1.29 is 9.90 Å². The van der Waals surface area contributed by atoms with Crippen LogP contribution in [0.25, 0.3) is 38.6 Å². The number of fused-ring (bicyclic) bond motifs is 3. The van der Waals surface area contributed by atoms with Gasteiger partial charge in [0.05, 0.1) is 16.8 Å². The monoisotopic (exact) mass is 363 g/mol. The highest BCUT2D eigenvalue weighted by atomic mass is 16.4. The van der Waals surface area contributed by atoms with Gasteiger partial charge in [0.25, 0.3) is 0 Å². The second-order valence-corrected chi connectivity index (χ2v) is 6.81. The normalized spacial score (nSPS) is 11.1. The Bertz CT molecular complexity index is 1330. The number of benzene rings is 4. The highest BCUT2D eigenvalue weighted by Gasteiger charge is 2.15. The Hall–Kier alpha value is -3.85. The summed E-state index contributed by atoms with van der Waals surface area (Å²) in [7, 11) is 0. The molecule has 0 saturated heterocycles. The zero-order valence-electron chi connectivity index (χ0n) is 15.0. The first-order chi connectivity index (χ1) is 13.7. The summed E-state index contributed by atoms with van der Waals surface area (Å²) in [6.45, 7) is 0. The van der Waals surface area contributed by atoms with Crippen LogP contribution in [0.4, 0.5) is 0 Å². The molecule has 0 aliphatic rings. The second-order valence-electron chi connectivity index (χ2n) is 6.81. The van der Waals surface area contributed by atoms with E-state index in [1.807, 2.05) is 36.4 Å². The number of rotatable bonds is 3. The number of nitrogens with zero attached hydrogens (tertiary/aromatic N) is 1. The van der Waals surface area contributed by atoms with Crippen LogP contribution in [0.1, 0.15) is 10.4 Å². The number of hydrogen-bond donors (Lipinski definition) is 1. The van der Waals surface area contributed by atoms with Crippen LogP contribution in [0.2, 0.25) is 0 Å². The molecular formula is C25H17NO2. The van der Waals surface area contributed by atoms with Crippen molar-refractivity contribution in [3.05, 3.63) is 103 Å². The van der Waals surface area contributed by atoms with Gasteiger partial charge in [0.2, 0.25) is 0 Å². The number of carboxylic acid groups (broad SMARTS) is 1. The summed E-state index contributed by atoms with van der Waals surface area (Å²) in [5.41, 5.74) is 4.28. The Morgan fingerprint density at radius 1 is 0.714 bits per heavy atom. The van der Waals surface area contributed by atoms with Gasteiger partial charge in [-0.2, -0.15) is 0 Å². The van der Waals surface area contributed by atoms with Gasteiger partial charge < -0.3 is 9.67 Å². The maximum absolute atomic E-state index is 11.5. The summed E-state index contributed by atoms with van der Waals surface area (Å²) in [6, 6.07) is 32.0. The lowest BCUT2D eigenvalue weighted by molar-refractivity contribution is 0.0697. The molecule has 0 radical (unpaired) electrons. The fraction of sp³-hybridized carbons (Fsp3) is 0. The number of carboxylic acids is 1. The molecule has 0 fully saturated rings. The zero-order valence-corrected chi connectivity index (χ0v) is 15.0. The number of aromatic carboxylic acids is 1. The molecule has 28 heavy (non-hydrogen) atoms. The molecule has 3 heteroatoms. The first-order valence-electron chi connectivity index (χ1n) is 9.15. The molecule has 0 amide bonds. The molecule has 3 nitrogen and oxygen atoms in total. The van der Waals surface area contributed by atoms with Crippen molar-refractivity contribution in [1.29, 1.82) is 0 Å². The van der Waals surface area contributed by atoms with E-state index in [1.165, 1.54) is 10.8 Å². The summed E-state index contributed by atoms with van der Waals surface area (Å²) in [6.07, 6.45) is 0. The van der Waals surface area contributed by atoms with E-state index < -0.39 is 5.97 Å². The van der Waals surface area contributed by atoms with Gasteiger partial charge in [0.15, 0.2) is 0 Å². The second kappa shape index (κ2) is 6.39. The fourth-order valence-electron chi connectivity index (χ4n) is 3.84. The van der Waals surface area contributed by atoms with Gasteiger partial charge in [-0.1, -0.05) is 60.7 Å². The number of hydrogen-bond acceptors (Lipinski definition) is 1. The van der Waals surface area contributed by atoms with Crippen molar-refractivity contribution in [2.75, 3.05) is 0 Å². The molecular weight excluding hydrogens is 346 g/mol. The zero-order chi connectivity index (χ0) is 19.1. The van der Waals surface area contributed by atoms with Crippen LogP contribution in [0.5, 0.6) is 0 Å². The minimum absolute atomic E-state index is 0.284. The molecule has 0 unspecified atom stereocenters. The average Bonchev–Trinajstić information content (AvgIpc) is 3.14. The molecule has 0 aliphatic heterocycles. The molecule has 5 rings (SSSR count). The van der Waals surface area contributed by atoms with E-state index in [4.69, 9.17) is 0 Å². The quantitative estimate of drug-likeness (QED) is 0.418. The van der Waals surface area contributed by atoms with Gasteiger partial charge in [-0.3, -0.25) is 0 Å². The Kier molecular flexibility index (Phi) is 3.73. The van der Waals surface area contributed by atoms with Crippen molar-refractivity contribution in [3.8, 4) is 16.9 Å². The highest BCUT2D eigenvalue weighted by molar-refractivity contribution is 6.09. The summed E-state index contributed by atoms with van der Waals surface area (Å²) < 4.78 is 2.20. The van der Waals surface area contributed by atoms with E-state index in [-0.39, 0.29) is 5.56 Å². The average molecular weight is 363 g/mol. The molecule has 5 aromatic rings. The Morgan fingerprint density at radius 3 is 2.32 bits per heavy atom. The van der Waals surface area contributed by atoms with Crippen molar-refractivity contribution in [2.24, 2.45) is 0 Å². The molecule has 4 aromatic carbocycles. The first-order valence-corrected chi connectivity index (χ1v) is 9.15. The molecule has 134 valence electrons. The first kappa shape index (κ1) is 16.3. The fourth-order valence-corrected chi connectivity index (χ4v) is 3.84. The third-order valence-electron chi connectivity index (χ3n) is 5.13. The topological polar surface area (TPSA) is 42.2 Å². The Morgan fingerprint density at radius 2 is 1.50 bits per heavy atom. The van der Waals surface area contributed by atoms with Crippen LogP contribution in [-0.4, -0.2) is 15.6 Å². The molecule has 1 aromatic heterocycles. The van der Waals surface area contributed by atoms with Crippen molar-refractivity contribution in [3.63, 3.8) is 0 Å².